The van der Waals surface area contributed by atoms with Gasteiger partial charge in [0.2, 0.25) is 11.8 Å². The normalized spacial score (nSPS) is 37.3. The Morgan fingerprint density at radius 1 is 1.06 bits per heavy atom. The van der Waals surface area contributed by atoms with Crippen LogP contribution in [-0.2, 0) is 9.59 Å². The van der Waals surface area contributed by atoms with Crippen LogP contribution >= 0.6 is 0 Å². The van der Waals surface area contributed by atoms with E-state index in [1.54, 1.807) is 0 Å². The molecule has 1 unspecified atom stereocenters. The van der Waals surface area contributed by atoms with Crippen molar-refractivity contribution in [3.05, 3.63) is 0 Å². The number of carbonyl (C=O) groups excluding carboxylic acids is 2. The molecule has 3 rings (SSSR count). The molecule has 0 bridgehead atoms. The van der Waals surface area contributed by atoms with Crippen LogP contribution < -0.4 is 10.6 Å². The molecular formula is C12H18N2O2. The van der Waals surface area contributed by atoms with Crippen LogP contribution in [0.3, 0.4) is 0 Å². The molecule has 2 aliphatic carbocycles. The van der Waals surface area contributed by atoms with Gasteiger partial charge in [-0.15, -0.1) is 0 Å². The van der Waals surface area contributed by atoms with Gasteiger partial charge in [-0.2, -0.15) is 0 Å². The molecule has 1 heterocycles. The van der Waals surface area contributed by atoms with Crippen LogP contribution in [-0.4, -0.2) is 22.9 Å². The van der Waals surface area contributed by atoms with E-state index in [9.17, 15) is 9.59 Å². The van der Waals surface area contributed by atoms with Crippen molar-refractivity contribution in [3.8, 4) is 0 Å². The van der Waals surface area contributed by atoms with Crippen LogP contribution in [0.4, 0.5) is 0 Å². The Labute approximate surface area is 95.2 Å². The molecule has 0 aromatic heterocycles. The molecule has 1 saturated heterocycles. The molecule has 2 amide bonds. The predicted molar refractivity (Wildman–Crippen MR) is 58.6 cm³/mol. The third-order valence-electron chi connectivity index (χ3n) is 4.48. The maximum absolute atomic E-state index is 12.2. The van der Waals surface area contributed by atoms with Gasteiger partial charge in [0.15, 0.2) is 0 Å². The third-order valence-corrected chi connectivity index (χ3v) is 4.48. The van der Waals surface area contributed by atoms with Gasteiger partial charge in [0.25, 0.3) is 0 Å². The van der Waals surface area contributed by atoms with Gasteiger partial charge in [-0.1, -0.05) is 12.8 Å². The Morgan fingerprint density at radius 3 is 2.25 bits per heavy atom. The first-order chi connectivity index (χ1) is 7.57. The first-order valence-electron chi connectivity index (χ1n) is 6.22. The smallest absolute Gasteiger partial charge is 0.246 e. The minimum absolute atomic E-state index is 0.0245. The zero-order valence-corrected chi connectivity index (χ0v) is 9.64. The monoisotopic (exact) mass is 222 g/mol. The van der Waals surface area contributed by atoms with Crippen molar-refractivity contribution in [2.75, 3.05) is 0 Å². The van der Waals surface area contributed by atoms with E-state index in [1.807, 2.05) is 6.92 Å². The summed E-state index contributed by atoms with van der Waals surface area (Å²) in [5.74, 6) is 0.408. The summed E-state index contributed by atoms with van der Waals surface area (Å²) in [6, 6.07) is 0. The third kappa shape index (κ3) is 1.22. The van der Waals surface area contributed by atoms with Gasteiger partial charge in [0, 0.05) is 0 Å². The van der Waals surface area contributed by atoms with Gasteiger partial charge in [-0.05, 0) is 38.5 Å². The van der Waals surface area contributed by atoms with E-state index in [-0.39, 0.29) is 11.8 Å². The van der Waals surface area contributed by atoms with Gasteiger partial charge >= 0.3 is 0 Å². The molecule has 1 spiro atoms. The fraction of sp³-hybridized carbons (Fsp3) is 0.833. The molecule has 4 heteroatoms. The fourth-order valence-corrected chi connectivity index (χ4v) is 3.09. The van der Waals surface area contributed by atoms with E-state index >= 15 is 0 Å². The molecule has 0 radical (unpaired) electrons. The average Bonchev–Trinajstić information content (AvgIpc) is 2.99. The number of amides is 2. The van der Waals surface area contributed by atoms with E-state index < -0.39 is 11.1 Å². The highest BCUT2D eigenvalue weighted by atomic mass is 16.2. The van der Waals surface area contributed by atoms with Crippen molar-refractivity contribution in [1.82, 2.24) is 10.6 Å². The standard InChI is InChI=1S/C12H18N2O2/c1-11(8-4-5-8)9(15)14-12(10(16)13-11)6-2-3-7-12/h8H,2-7H2,1H3,(H,13,16)(H,14,15). The van der Waals surface area contributed by atoms with Gasteiger partial charge in [0.05, 0.1) is 0 Å². The summed E-state index contributed by atoms with van der Waals surface area (Å²) < 4.78 is 0. The molecule has 1 atom stereocenters. The molecule has 16 heavy (non-hydrogen) atoms. The Kier molecular flexibility index (Phi) is 1.89. The molecule has 0 aromatic rings. The first-order valence-corrected chi connectivity index (χ1v) is 6.22. The zero-order chi connectivity index (χ0) is 11.4. The SMILES string of the molecule is CC1(C2CC2)NC(=O)C2(CCCC2)NC1=O. The van der Waals surface area contributed by atoms with Crippen LogP contribution in [0.1, 0.15) is 45.4 Å². The highest BCUT2D eigenvalue weighted by Gasteiger charge is 2.57. The number of hydrogen-bond donors (Lipinski definition) is 2. The van der Waals surface area contributed by atoms with Crippen LogP contribution in [0.5, 0.6) is 0 Å². The van der Waals surface area contributed by atoms with Crippen LogP contribution in [0.2, 0.25) is 0 Å². The largest absolute Gasteiger partial charge is 0.340 e. The highest BCUT2D eigenvalue weighted by molar-refractivity contribution is 6.02. The lowest BCUT2D eigenvalue weighted by Crippen LogP contribution is -2.74. The van der Waals surface area contributed by atoms with Crippen molar-refractivity contribution in [3.63, 3.8) is 0 Å². The molecule has 88 valence electrons. The fourth-order valence-electron chi connectivity index (χ4n) is 3.09. The lowest BCUT2D eigenvalue weighted by molar-refractivity contribution is -0.146. The second-order valence-electron chi connectivity index (χ2n) is 5.67. The minimum Gasteiger partial charge on any atom is -0.340 e. The van der Waals surface area contributed by atoms with Gasteiger partial charge in [0.1, 0.15) is 11.1 Å². The Balaban J connectivity index is 1.87. The van der Waals surface area contributed by atoms with Crippen molar-refractivity contribution < 1.29 is 9.59 Å². The molecule has 3 fully saturated rings. The van der Waals surface area contributed by atoms with E-state index in [0.717, 1.165) is 38.5 Å². The zero-order valence-electron chi connectivity index (χ0n) is 9.64. The van der Waals surface area contributed by atoms with Crippen molar-refractivity contribution in [2.45, 2.75) is 56.5 Å². The number of nitrogens with one attached hydrogen (secondary N) is 2. The van der Waals surface area contributed by atoms with E-state index in [1.165, 1.54) is 0 Å². The molecule has 4 nitrogen and oxygen atoms in total. The quantitative estimate of drug-likeness (QED) is 0.686. The number of hydrogen-bond acceptors (Lipinski definition) is 2. The Morgan fingerprint density at radius 2 is 1.69 bits per heavy atom. The first kappa shape index (κ1) is 10.1. The summed E-state index contributed by atoms with van der Waals surface area (Å²) in [6.45, 7) is 1.86. The van der Waals surface area contributed by atoms with Crippen LogP contribution in [0, 0.1) is 5.92 Å². The molecule has 2 saturated carbocycles. The summed E-state index contributed by atoms with van der Waals surface area (Å²) in [5, 5.41) is 5.99. The highest BCUT2D eigenvalue weighted by Crippen LogP contribution is 2.43. The van der Waals surface area contributed by atoms with Crippen molar-refractivity contribution in [2.24, 2.45) is 5.92 Å². The summed E-state index contributed by atoms with van der Waals surface area (Å²) in [4.78, 5) is 24.4. The Hall–Kier alpha value is -1.06. The summed E-state index contributed by atoms with van der Waals surface area (Å²) in [5.41, 5.74) is -1.23. The number of piperazine rings is 1. The van der Waals surface area contributed by atoms with Crippen LogP contribution in [0.15, 0.2) is 0 Å². The van der Waals surface area contributed by atoms with Gasteiger partial charge < -0.3 is 10.6 Å². The summed E-state index contributed by atoms with van der Waals surface area (Å²) in [6.07, 6.45) is 5.77. The topological polar surface area (TPSA) is 58.2 Å². The Bertz CT molecular complexity index is 340. The maximum atomic E-state index is 12.2. The summed E-state index contributed by atoms with van der Waals surface area (Å²) >= 11 is 0. The maximum Gasteiger partial charge on any atom is 0.246 e. The van der Waals surface area contributed by atoms with Crippen molar-refractivity contribution >= 4 is 11.8 Å². The second kappa shape index (κ2) is 2.99. The van der Waals surface area contributed by atoms with E-state index in [2.05, 4.69) is 10.6 Å². The lowest BCUT2D eigenvalue weighted by Gasteiger charge is -2.43. The predicted octanol–water partition coefficient (Wildman–Crippen LogP) is 0.714. The molecule has 0 aromatic carbocycles. The minimum atomic E-state index is -0.648. The van der Waals surface area contributed by atoms with Gasteiger partial charge in [-0.25, -0.2) is 0 Å². The van der Waals surface area contributed by atoms with Crippen molar-refractivity contribution in [1.29, 1.82) is 0 Å². The molecule has 3 aliphatic rings. The molecule has 2 N–H and O–H groups in total. The van der Waals surface area contributed by atoms with E-state index in [0.29, 0.717) is 5.92 Å². The number of rotatable bonds is 1. The summed E-state index contributed by atoms with van der Waals surface area (Å²) in [7, 11) is 0. The van der Waals surface area contributed by atoms with E-state index in [4.69, 9.17) is 0 Å². The average molecular weight is 222 g/mol. The molecular weight excluding hydrogens is 204 g/mol. The lowest BCUT2D eigenvalue weighted by atomic mass is 9.84. The van der Waals surface area contributed by atoms with Crippen LogP contribution in [0.25, 0.3) is 0 Å². The van der Waals surface area contributed by atoms with Gasteiger partial charge in [-0.3, -0.25) is 9.59 Å². The second-order valence-corrected chi connectivity index (χ2v) is 5.67. The molecule has 1 aliphatic heterocycles. The number of carbonyl (C=O) groups is 2.